The molecule has 1 atom stereocenters. The smallest absolute Gasteiger partial charge is 0.338 e. The van der Waals surface area contributed by atoms with Gasteiger partial charge in [0.25, 0.3) is 0 Å². The summed E-state index contributed by atoms with van der Waals surface area (Å²) >= 11 is 8.16. The van der Waals surface area contributed by atoms with Crippen LogP contribution in [0.5, 0.6) is 11.5 Å². The molecule has 32 heavy (non-hydrogen) atoms. The molecule has 0 saturated heterocycles. The van der Waals surface area contributed by atoms with E-state index in [2.05, 4.69) is 4.99 Å². The van der Waals surface area contributed by atoms with Crippen LogP contribution in [0.3, 0.4) is 0 Å². The first kappa shape index (κ1) is 22.3. The number of carbonyl (C=O) groups excluding carboxylic acids is 1. The highest BCUT2D eigenvalue weighted by Crippen LogP contribution is 2.45. The van der Waals surface area contributed by atoms with Crippen molar-refractivity contribution in [1.82, 2.24) is 4.90 Å². The maximum atomic E-state index is 12.9. The molecule has 6 nitrogen and oxygen atoms in total. The Morgan fingerprint density at radius 1 is 1.25 bits per heavy atom. The van der Waals surface area contributed by atoms with E-state index in [4.69, 9.17) is 25.8 Å². The number of hydrogen-bond donors (Lipinski definition) is 0. The van der Waals surface area contributed by atoms with Gasteiger partial charge in [-0.3, -0.25) is 0 Å². The van der Waals surface area contributed by atoms with E-state index in [1.54, 1.807) is 20.1 Å². The molecule has 0 amide bonds. The third-order valence-corrected chi connectivity index (χ3v) is 6.16. The van der Waals surface area contributed by atoms with Gasteiger partial charge in [0.1, 0.15) is 6.61 Å². The summed E-state index contributed by atoms with van der Waals surface area (Å²) in [6.07, 6.45) is 1.90. The molecule has 0 aromatic heterocycles. The van der Waals surface area contributed by atoms with Crippen molar-refractivity contribution in [1.29, 1.82) is 0 Å². The minimum absolute atomic E-state index is 0.278. The second kappa shape index (κ2) is 9.71. The van der Waals surface area contributed by atoms with Gasteiger partial charge < -0.3 is 19.1 Å². The van der Waals surface area contributed by atoms with Gasteiger partial charge in [0.15, 0.2) is 16.7 Å². The number of benzene rings is 2. The molecular formula is C24H23ClN2O4S. The van der Waals surface area contributed by atoms with Gasteiger partial charge in [-0.25, -0.2) is 9.79 Å². The van der Waals surface area contributed by atoms with Gasteiger partial charge in [0.05, 0.1) is 36.1 Å². The van der Waals surface area contributed by atoms with Crippen LogP contribution in [-0.4, -0.2) is 29.8 Å². The molecule has 2 aromatic rings. The largest absolute Gasteiger partial charge is 0.493 e. The number of nitrogens with zero attached hydrogens (tertiary/aromatic N) is 2. The Kier molecular flexibility index (Phi) is 6.77. The predicted octanol–water partition coefficient (Wildman–Crippen LogP) is 5.70. The molecule has 0 saturated carbocycles. The number of rotatable bonds is 7. The molecule has 0 unspecified atom stereocenters. The van der Waals surface area contributed by atoms with Crippen LogP contribution in [0.4, 0.5) is 0 Å². The average Bonchev–Trinajstić information content (AvgIpc) is 3.25. The number of halogens is 1. The monoisotopic (exact) mass is 470 g/mol. The Balaban J connectivity index is 1.72. The van der Waals surface area contributed by atoms with Crippen LogP contribution >= 0.6 is 23.4 Å². The maximum Gasteiger partial charge on any atom is 0.338 e. The highest BCUT2D eigenvalue weighted by atomic mass is 35.5. The lowest BCUT2D eigenvalue weighted by molar-refractivity contribution is -0.139. The van der Waals surface area contributed by atoms with Gasteiger partial charge in [-0.2, -0.15) is 0 Å². The topological polar surface area (TPSA) is 60.4 Å². The van der Waals surface area contributed by atoms with E-state index >= 15 is 0 Å². The molecular weight excluding hydrogens is 448 g/mol. The fraction of sp³-hybridized carbons (Fsp3) is 0.250. The molecule has 0 bridgehead atoms. The standard InChI is InChI=1S/C24H23ClN2O4S/c1-4-30-23(28)20-15(2)26-24-27(10-11-32-24)21(20)17-12-18(25)22(19(13-17)29-3)31-14-16-8-6-5-7-9-16/h5-13,21H,4,14H2,1-3H3/t21-/m0/s1. The molecule has 0 fully saturated rings. The number of fused-ring (bicyclic) bond motifs is 1. The van der Waals surface area contributed by atoms with Crippen LogP contribution in [0.1, 0.15) is 31.0 Å². The summed E-state index contributed by atoms with van der Waals surface area (Å²) in [7, 11) is 1.57. The summed E-state index contributed by atoms with van der Waals surface area (Å²) in [6, 6.07) is 13.0. The van der Waals surface area contributed by atoms with E-state index < -0.39 is 12.0 Å². The summed E-state index contributed by atoms with van der Waals surface area (Å²) in [4.78, 5) is 19.4. The highest BCUT2D eigenvalue weighted by molar-refractivity contribution is 8.16. The second-order valence-electron chi connectivity index (χ2n) is 7.14. The Morgan fingerprint density at radius 3 is 2.75 bits per heavy atom. The lowest BCUT2D eigenvalue weighted by Gasteiger charge is -2.33. The lowest BCUT2D eigenvalue weighted by atomic mass is 9.94. The minimum Gasteiger partial charge on any atom is -0.493 e. The van der Waals surface area contributed by atoms with Crippen LogP contribution < -0.4 is 9.47 Å². The molecule has 166 valence electrons. The molecule has 2 aliphatic rings. The number of amidine groups is 1. The van der Waals surface area contributed by atoms with E-state index in [-0.39, 0.29) is 6.61 Å². The summed E-state index contributed by atoms with van der Waals surface area (Å²) in [5.74, 6) is 0.544. The highest BCUT2D eigenvalue weighted by Gasteiger charge is 2.38. The van der Waals surface area contributed by atoms with Gasteiger partial charge in [-0.1, -0.05) is 53.7 Å². The summed E-state index contributed by atoms with van der Waals surface area (Å²) in [5, 5.41) is 3.12. The molecule has 0 aliphatic carbocycles. The maximum absolute atomic E-state index is 12.9. The third kappa shape index (κ3) is 4.36. The van der Waals surface area contributed by atoms with Crippen molar-refractivity contribution < 1.29 is 19.0 Å². The van der Waals surface area contributed by atoms with E-state index in [1.165, 1.54) is 11.8 Å². The molecule has 2 aliphatic heterocycles. The van der Waals surface area contributed by atoms with Gasteiger partial charge in [-0.05, 0) is 42.5 Å². The third-order valence-electron chi connectivity index (χ3n) is 5.11. The van der Waals surface area contributed by atoms with Crippen molar-refractivity contribution in [3.63, 3.8) is 0 Å². The number of allylic oxidation sites excluding steroid dienone is 1. The number of ether oxygens (including phenoxy) is 3. The van der Waals surface area contributed by atoms with Crippen molar-refractivity contribution in [2.75, 3.05) is 13.7 Å². The molecule has 4 rings (SSSR count). The number of hydrogen-bond acceptors (Lipinski definition) is 7. The molecule has 0 N–H and O–H groups in total. The van der Waals surface area contributed by atoms with Gasteiger partial charge in [0, 0.05) is 6.20 Å². The quantitative estimate of drug-likeness (QED) is 0.484. The second-order valence-corrected chi connectivity index (χ2v) is 8.42. The number of aliphatic imine (C=N–C) groups is 1. The zero-order chi connectivity index (χ0) is 22.7. The number of carbonyl (C=O) groups is 1. The number of methoxy groups -OCH3 is 1. The molecule has 0 spiro atoms. The van der Waals surface area contributed by atoms with Gasteiger partial charge >= 0.3 is 5.97 Å². The first-order valence-corrected chi connectivity index (χ1v) is 11.4. The van der Waals surface area contributed by atoms with Crippen LogP contribution in [0.15, 0.2) is 70.3 Å². The molecule has 8 heteroatoms. The molecule has 2 aromatic carbocycles. The van der Waals surface area contributed by atoms with Gasteiger partial charge in [-0.15, -0.1) is 0 Å². The fourth-order valence-electron chi connectivity index (χ4n) is 3.67. The fourth-order valence-corrected chi connectivity index (χ4v) is 4.73. The summed E-state index contributed by atoms with van der Waals surface area (Å²) in [6.45, 7) is 4.23. The Hall–Kier alpha value is -2.90. The van der Waals surface area contributed by atoms with E-state index in [1.807, 2.05) is 59.8 Å². The Bertz CT molecular complexity index is 1110. The van der Waals surface area contributed by atoms with Crippen LogP contribution in [-0.2, 0) is 16.1 Å². The van der Waals surface area contributed by atoms with Crippen molar-refractivity contribution in [3.05, 3.63) is 81.5 Å². The van der Waals surface area contributed by atoms with E-state index in [0.29, 0.717) is 34.4 Å². The Morgan fingerprint density at radius 2 is 2.03 bits per heavy atom. The van der Waals surface area contributed by atoms with Crippen LogP contribution in [0.25, 0.3) is 0 Å². The number of esters is 1. The predicted molar refractivity (Wildman–Crippen MR) is 127 cm³/mol. The molecule has 0 radical (unpaired) electrons. The summed E-state index contributed by atoms with van der Waals surface area (Å²) < 4.78 is 16.9. The van der Waals surface area contributed by atoms with E-state index in [0.717, 1.165) is 16.3 Å². The van der Waals surface area contributed by atoms with Crippen molar-refractivity contribution in [2.45, 2.75) is 26.5 Å². The molecule has 2 heterocycles. The normalized spacial score (nSPS) is 17.2. The average molecular weight is 471 g/mol. The first-order chi connectivity index (χ1) is 15.5. The van der Waals surface area contributed by atoms with E-state index in [9.17, 15) is 4.79 Å². The van der Waals surface area contributed by atoms with Crippen molar-refractivity contribution in [3.8, 4) is 11.5 Å². The van der Waals surface area contributed by atoms with Crippen molar-refractivity contribution >= 4 is 34.5 Å². The first-order valence-electron chi connectivity index (χ1n) is 10.2. The van der Waals surface area contributed by atoms with Gasteiger partial charge in [0.2, 0.25) is 0 Å². The van der Waals surface area contributed by atoms with Crippen LogP contribution in [0.2, 0.25) is 5.02 Å². The van der Waals surface area contributed by atoms with Crippen LogP contribution in [0, 0.1) is 0 Å². The summed E-state index contributed by atoms with van der Waals surface area (Å²) in [5.41, 5.74) is 2.89. The zero-order valence-electron chi connectivity index (χ0n) is 18.0. The minimum atomic E-state index is -0.442. The zero-order valence-corrected chi connectivity index (χ0v) is 19.6. The Labute approximate surface area is 196 Å². The van der Waals surface area contributed by atoms with Crippen molar-refractivity contribution in [2.24, 2.45) is 4.99 Å². The lowest BCUT2D eigenvalue weighted by Crippen LogP contribution is -2.34. The number of thioether (sulfide) groups is 1. The SMILES string of the molecule is CCOC(=O)C1=C(C)N=C2SC=CN2[C@H]1c1cc(Cl)c(OCc2ccccc2)c(OC)c1.